The summed E-state index contributed by atoms with van der Waals surface area (Å²) < 4.78 is 41.1. The highest BCUT2D eigenvalue weighted by atomic mass is 32.2. The molecule has 11 nitrogen and oxygen atoms in total. The Morgan fingerprint density at radius 2 is 1.77 bits per heavy atom. The molecule has 1 N–H and O–H groups in total. The van der Waals surface area contributed by atoms with Crippen LogP contribution in [0, 0.1) is 0 Å². The molecule has 1 aromatic heterocycles. The highest BCUT2D eigenvalue weighted by Gasteiger charge is 2.42. The zero-order chi connectivity index (χ0) is 33.3. The Hall–Kier alpha value is -4.55. The minimum atomic E-state index is -4.41. The lowest BCUT2D eigenvalue weighted by Crippen LogP contribution is -2.35. The van der Waals surface area contributed by atoms with Gasteiger partial charge in [-0.05, 0) is 49.0 Å². The van der Waals surface area contributed by atoms with Crippen LogP contribution < -0.4 is 9.47 Å². The predicted octanol–water partition coefficient (Wildman–Crippen LogP) is 5.55. The van der Waals surface area contributed by atoms with Gasteiger partial charge in [0.15, 0.2) is 6.54 Å². The van der Waals surface area contributed by atoms with E-state index in [0.29, 0.717) is 47.9 Å². The second kappa shape index (κ2) is 12.9. The zero-order valence-corrected chi connectivity index (χ0v) is 27.3. The fraction of sp³-hybridized carbons (Fsp3) is 0.371. The van der Waals surface area contributed by atoms with Crippen molar-refractivity contribution in [2.24, 2.45) is 0 Å². The van der Waals surface area contributed by atoms with Gasteiger partial charge in [-0.3, -0.25) is 14.1 Å². The van der Waals surface area contributed by atoms with Gasteiger partial charge in [0.2, 0.25) is 5.58 Å². The molecule has 246 valence electrons. The first-order valence-corrected chi connectivity index (χ1v) is 17.3. The topological polar surface area (TPSA) is 138 Å². The average molecular weight is 661 g/mol. The number of carbonyl (C=O) groups excluding carboxylic acids is 3. The molecule has 3 aliphatic heterocycles. The average Bonchev–Trinajstić information content (AvgIpc) is 3.63. The van der Waals surface area contributed by atoms with Gasteiger partial charge >= 0.3 is 11.9 Å². The zero-order valence-electron chi connectivity index (χ0n) is 26.5. The Morgan fingerprint density at radius 1 is 1.02 bits per heavy atom. The molecular formula is C35H38N3O8S+. The summed E-state index contributed by atoms with van der Waals surface area (Å²) in [5.41, 5.74) is 6.08. The number of aryl methyl sites for hydroxylation is 1. The van der Waals surface area contributed by atoms with Gasteiger partial charge in [0.25, 0.3) is 27.4 Å². The number of fused-ring (bicyclic) bond motifs is 4. The van der Waals surface area contributed by atoms with Crippen LogP contribution in [0.25, 0.3) is 17.2 Å². The number of rotatable bonds is 11. The summed E-state index contributed by atoms with van der Waals surface area (Å²) in [6.45, 7) is 6.04. The smallest absolute Gasteiger partial charge is 0.374 e. The highest BCUT2D eigenvalue weighted by Crippen LogP contribution is 2.50. The van der Waals surface area contributed by atoms with Crippen molar-refractivity contribution in [2.45, 2.75) is 82.1 Å². The summed E-state index contributed by atoms with van der Waals surface area (Å²) in [5, 5.41) is 0.554. The number of anilines is 1. The lowest BCUT2D eigenvalue weighted by atomic mass is 9.80. The van der Waals surface area contributed by atoms with E-state index in [2.05, 4.69) is 49.1 Å². The number of carbonyl (C=O) groups is 3. The van der Waals surface area contributed by atoms with Crippen molar-refractivity contribution in [3.63, 3.8) is 0 Å². The number of imide groups is 1. The van der Waals surface area contributed by atoms with Crippen LogP contribution in [0.3, 0.4) is 0 Å². The molecule has 6 rings (SSSR count). The Kier molecular flexibility index (Phi) is 8.91. The maximum absolute atomic E-state index is 12.2. The van der Waals surface area contributed by atoms with E-state index in [1.54, 1.807) is 6.07 Å². The number of allylic oxidation sites excluding steroid dienone is 5. The highest BCUT2D eigenvalue weighted by molar-refractivity contribution is 7.85. The molecule has 0 unspecified atom stereocenters. The lowest BCUT2D eigenvalue weighted by Gasteiger charge is -2.33. The van der Waals surface area contributed by atoms with Crippen molar-refractivity contribution in [1.82, 2.24) is 5.06 Å². The van der Waals surface area contributed by atoms with Crippen LogP contribution in [0.4, 0.5) is 5.69 Å². The van der Waals surface area contributed by atoms with Crippen LogP contribution in [0.1, 0.15) is 76.7 Å². The van der Waals surface area contributed by atoms with Gasteiger partial charge in [0, 0.05) is 61.2 Å². The molecule has 4 heterocycles. The van der Waals surface area contributed by atoms with Crippen molar-refractivity contribution >= 4 is 50.8 Å². The van der Waals surface area contributed by atoms with Gasteiger partial charge in [-0.25, -0.2) is 4.79 Å². The number of benzene rings is 2. The summed E-state index contributed by atoms with van der Waals surface area (Å²) in [7, 11) is -4.41. The number of aromatic nitrogens is 1. The molecule has 2 amide bonds. The van der Waals surface area contributed by atoms with E-state index < -0.39 is 27.9 Å². The molecule has 3 aromatic rings. The van der Waals surface area contributed by atoms with Gasteiger partial charge in [-0.1, -0.05) is 50.3 Å². The minimum absolute atomic E-state index is 0.0464. The molecule has 1 saturated heterocycles. The summed E-state index contributed by atoms with van der Waals surface area (Å²) in [6, 6.07) is 12.8. The maximum atomic E-state index is 12.2. The summed E-state index contributed by atoms with van der Waals surface area (Å²) in [6.07, 6.45) is 11.8. The maximum Gasteiger partial charge on any atom is 0.374 e. The summed E-state index contributed by atoms with van der Waals surface area (Å²) in [5.74, 6) is -1.15. The second-order valence-electron chi connectivity index (χ2n) is 12.5. The predicted molar refractivity (Wildman–Crippen MR) is 173 cm³/mol. The fourth-order valence-corrected chi connectivity index (χ4v) is 7.27. The van der Waals surface area contributed by atoms with Crippen LogP contribution in [0.15, 0.2) is 81.3 Å². The third-order valence-corrected chi connectivity index (χ3v) is 9.82. The molecule has 1 fully saturated rings. The molecule has 0 atom stereocenters. The fourth-order valence-electron chi connectivity index (χ4n) is 6.77. The Labute approximate surface area is 273 Å². The standard InChI is InChI=1S/C35H37N3O8S/c1-35(2)26-13-6-7-14-27(26)37-22-10-12-24(34(35)37)11-5-8-15-32-36(28-18-17-25(47(42,43)44)23-29(28)45-32)21-9-3-4-16-33(41)46-38-30(39)19-20-31(38)40/h5-8,11,13-15,17-18,23H,3-4,9-10,12,16,19-22H2,1-2H3/p+1. The number of hydroxylamine groups is 2. The first-order valence-electron chi connectivity index (χ1n) is 15.9. The number of amides is 2. The molecule has 0 aliphatic carbocycles. The van der Waals surface area contributed by atoms with Gasteiger partial charge in [-0.15, -0.1) is 5.06 Å². The van der Waals surface area contributed by atoms with Crippen molar-refractivity contribution < 1.29 is 41.2 Å². The first kappa shape index (κ1) is 32.4. The van der Waals surface area contributed by atoms with Crippen molar-refractivity contribution in [3.05, 3.63) is 83.4 Å². The van der Waals surface area contributed by atoms with E-state index >= 15 is 0 Å². The van der Waals surface area contributed by atoms with E-state index in [1.807, 2.05) is 22.8 Å². The number of oxazole rings is 1. The molecule has 2 aromatic carbocycles. The molecule has 0 saturated carbocycles. The molecule has 0 bridgehead atoms. The number of nitrogens with zero attached hydrogens (tertiary/aromatic N) is 3. The Bertz CT molecular complexity index is 1940. The van der Waals surface area contributed by atoms with Gasteiger partial charge in [-0.2, -0.15) is 13.0 Å². The van der Waals surface area contributed by atoms with Crippen LogP contribution in [0.2, 0.25) is 0 Å². The van der Waals surface area contributed by atoms with Crippen molar-refractivity contribution in [2.75, 3.05) is 11.4 Å². The second-order valence-corrected chi connectivity index (χ2v) is 14.0. The van der Waals surface area contributed by atoms with E-state index in [0.717, 1.165) is 19.4 Å². The monoisotopic (exact) mass is 660 g/mol. The van der Waals surface area contributed by atoms with E-state index in [-0.39, 0.29) is 29.6 Å². The SMILES string of the molecule is CC1(C)C2=C(/C=C/C=C/c3oc4cc(S(=O)(=O)O)ccc4[n+]3CCCCCC(=O)ON3C(=O)CCC3=O)CCCN2c2ccccc21. The quantitative estimate of drug-likeness (QED) is 0.0922. The van der Waals surface area contributed by atoms with Crippen molar-refractivity contribution in [1.29, 1.82) is 0 Å². The van der Waals surface area contributed by atoms with Crippen LogP contribution in [-0.4, -0.2) is 42.4 Å². The van der Waals surface area contributed by atoms with E-state index in [9.17, 15) is 27.4 Å². The van der Waals surface area contributed by atoms with Gasteiger partial charge in [0.05, 0.1) is 11.0 Å². The molecule has 47 heavy (non-hydrogen) atoms. The molecular weight excluding hydrogens is 622 g/mol. The van der Waals surface area contributed by atoms with Crippen LogP contribution in [-0.2, 0) is 41.3 Å². The summed E-state index contributed by atoms with van der Waals surface area (Å²) in [4.78, 5) is 42.6. The number of unbranched alkanes of at least 4 members (excludes halogenated alkanes) is 2. The number of hydrogen-bond acceptors (Lipinski definition) is 8. The minimum Gasteiger partial charge on any atom is -0.398 e. The van der Waals surface area contributed by atoms with E-state index in [1.165, 1.54) is 34.7 Å². The largest absolute Gasteiger partial charge is 0.398 e. The Balaban J connectivity index is 1.17. The molecule has 3 aliphatic rings. The van der Waals surface area contributed by atoms with E-state index in [4.69, 9.17) is 9.25 Å². The summed E-state index contributed by atoms with van der Waals surface area (Å²) >= 11 is 0. The lowest BCUT2D eigenvalue weighted by molar-refractivity contribution is -0.678. The number of hydrogen-bond donors (Lipinski definition) is 1. The third kappa shape index (κ3) is 6.52. The van der Waals surface area contributed by atoms with Crippen LogP contribution in [0.5, 0.6) is 0 Å². The van der Waals surface area contributed by atoms with Crippen LogP contribution >= 0.6 is 0 Å². The first-order chi connectivity index (χ1) is 22.4. The molecule has 0 radical (unpaired) electrons. The Morgan fingerprint density at radius 3 is 2.53 bits per heavy atom. The molecule has 12 heteroatoms. The van der Waals surface area contributed by atoms with Gasteiger partial charge in [0.1, 0.15) is 0 Å². The third-order valence-electron chi connectivity index (χ3n) is 8.97. The number of para-hydroxylation sites is 1. The van der Waals surface area contributed by atoms with Gasteiger partial charge < -0.3 is 14.2 Å². The molecule has 0 spiro atoms. The van der Waals surface area contributed by atoms with Crippen molar-refractivity contribution in [3.8, 4) is 0 Å². The normalized spacial score (nSPS) is 17.9.